The Hall–Kier alpha value is -1.10. The molecule has 5 nitrogen and oxygen atoms in total. The van der Waals surface area contributed by atoms with Crippen LogP contribution in [0.4, 0.5) is 0 Å². The summed E-state index contributed by atoms with van der Waals surface area (Å²) in [5.74, 6) is -2.28. The molecule has 0 radical (unpaired) electrons. The zero-order chi connectivity index (χ0) is 14.8. The fraction of sp³-hybridized carbons (Fsp3) is 0.867. The zero-order valence-electron chi connectivity index (χ0n) is 12.4. The largest absolute Gasteiger partial charge is 0.550 e. The van der Waals surface area contributed by atoms with Crippen molar-refractivity contribution in [2.24, 2.45) is 11.8 Å². The molecule has 0 aromatic rings. The number of hydrogen-bond acceptors (Lipinski definition) is 4. The first-order valence-corrected chi connectivity index (χ1v) is 7.73. The van der Waals surface area contributed by atoms with Crippen LogP contribution in [-0.2, 0) is 14.3 Å². The van der Waals surface area contributed by atoms with Crippen molar-refractivity contribution in [1.82, 2.24) is 5.32 Å². The lowest BCUT2D eigenvalue weighted by Crippen LogP contribution is -2.44. The van der Waals surface area contributed by atoms with Gasteiger partial charge in [-0.3, -0.25) is 4.79 Å². The van der Waals surface area contributed by atoms with E-state index in [4.69, 9.17) is 4.74 Å². The van der Waals surface area contributed by atoms with E-state index in [-0.39, 0.29) is 5.91 Å². The molecule has 0 bridgehead atoms. The molecule has 1 rings (SSSR count). The minimum Gasteiger partial charge on any atom is -0.550 e. The Morgan fingerprint density at radius 1 is 1.15 bits per heavy atom. The van der Waals surface area contributed by atoms with Crippen LogP contribution >= 0.6 is 0 Å². The SMILES string of the molecule is CCCCOCCCNC(=O)[C@H]1CCCC[C@@H]1C(=O)[O-]. The molecule has 116 valence electrons. The predicted octanol–water partition coefficient (Wildman–Crippen LogP) is 0.866. The fourth-order valence-corrected chi connectivity index (χ4v) is 2.59. The fourth-order valence-electron chi connectivity index (χ4n) is 2.59. The highest BCUT2D eigenvalue weighted by Gasteiger charge is 2.31. The molecular weight excluding hydrogens is 258 g/mol. The van der Waals surface area contributed by atoms with Gasteiger partial charge in [0.15, 0.2) is 0 Å². The maximum absolute atomic E-state index is 12.0. The Kier molecular flexibility index (Phi) is 8.26. The van der Waals surface area contributed by atoms with Crippen molar-refractivity contribution >= 4 is 11.9 Å². The Labute approximate surface area is 121 Å². The molecule has 0 aliphatic heterocycles. The van der Waals surface area contributed by atoms with E-state index in [0.717, 1.165) is 38.7 Å². The van der Waals surface area contributed by atoms with Crippen LogP contribution < -0.4 is 10.4 Å². The minimum atomic E-state index is -1.09. The molecular formula is C15H26NO4-. The monoisotopic (exact) mass is 284 g/mol. The molecule has 1 aliphatic carbocycles. The highest BCUT2D eigenvalue weighted by molar-refractivity contribution is 5.84. The summed E-state index contributed by atoms with van der Waals surface area (Å²) in [7, 11) is 0. The molecule has 5 heteroatoms. The second-order valence-electron chi connectivity index (χ2n) is 5.43. The van der Waals surface area contributed by atoms with Gasteiger partial charge in [0.2, 0.25) is 5.91 Å². The van der Waals surface area contributed by atoms with Crippen LogP contribution in [0, 0.1) is 11.8 Å². The molecule has 1 fully saturated rings. The third-order valence-corrected chi connectivity index (χ3v) is 3.81. The van der Waals surface area contributed by atoms with Gasteiger partial charge >= 0.3 is 0 Å². The van der Waals surface area contributed by atoms with Crippen LogP contribution in [0.5, 0.6) is 0 Å². The number of carboxylic acids is 1. The molecule has 0 spiro atoms. The highest BCUT2D eigenvalue weighted by atomic mass is 16.5. The van der Waals surface area contributed by atoms with E-state index in [0.29, 0.717) is 26.0 Å². The highest BCUT2D eigenvalue weighted by Crippen LogP contribution is 2.29. The maximum Gasteiger partial charge on any atom is 0.223 e. The number of rotatable bonds is 9. The van der Waals surface area contributed by atoms with Crippen LogP contribution in [0.25, 0.3) is 0 Å². The molecule has 20 heavy (non-hydrogen) atoms. The Morgan fingerprint density at radius 2 is 1.80 bits per heavy atom. The molecule has 1 amide bonds. The number of carbonyl (C=O) groups is 2. The van der Waals surface area contributed by atoms with Gasteiger partial charge in [-0.1, -0.05) is 26.2 Å². The normalized spacial score (nSPS) is 22.4. The Balaban J connectivity index is 2.19. The van der Waals surface area contributed by atoms with Gasteiger partial charge in [-0.15, -0.1) is 0 Å². The second-order valence-corrected chi connectivity index (χ2v) is 5.43. The first kappa shape index (κ1) is 17.0. The van der Waals surface area contributed by atoms with Crippen LogP contribution in [0.1, 0.15) is 51.9 Å². The van der Waals surface area contributed by atoms with Gasteiger partial charge in [0, 0.05) is 37.6 Å². The van der Waals surface area contributed by atoms with Crippen molar-refractivity contribution in [3.05, 3.63) is 0 Å². The van der Waals surface area contributed by atoms with Gasteiger partial charge in [0.1, 0.15) is 0 Å². The van der Waals surface area contributed by atoms with Crippen molar-refractivity contribution < 1.29 is 19.4 Å². The molecule has 2 atom stereocenters. The van der Waals surface area contributed by atoms with Gasteiger partial charge < -0.3 is 20.0 Å². The quantitative estimate of drug-likeness (QED) is 0.637. The van der Waals surface area contributed by atoms with E-state index < -0.39 is 17.8 Å². The van der Waals surface area contributed by atoms with Crippen molar-refractivity contribution in [1.29, 1.82) is 0 Å². The van der Waals surface area contributed by atoms with Crippen LogP contribution in [0.2, 0.25) is 0 Å². The van der Waals surface area contributed by atoms with Gasteiger partial charge in [0.05, 0.1) is 0 Å². The number of aliphatic carboxylic acids is 1. The van der Waals surface area contributed by atoms with Gasteiger partial charge in [-0.05, 0) is 25.7 Å². The lowest BCUT2D eigenvalue weighted by molar-refractivity contribution is -0.314. The topological polar surface area (TPSA) is 78.5 Å². The van der Waals surface area contributed by atoms with Crippen molar-refractivity contribution in [3.8, 4) is 0 Å². The van der Waals surface area contributed by atoms with Crippen LogP contribution in [-0.4, -0.2) is 31.6 Å². The summed E-state index contributed by atoms with van der Waals surface area (Å²) in [6.07, 6.45) is 5.93. The van der Waals surface area contributed by atoms with E-state index in [9.17, 15) is 14.7 Å². The molecule has 0 unspecified atom stereocenters. The van der Waals surface area contributed by atoms with Crippen molar-refractivity contribution in [2.75, 3.05) is 19.8 Å². The molecule has 1 saturated carbocycles. The van der Waals surface area contributed by atoms with Crippen LogP contribution in [0.3, 0.4) is 0 Å². The first-order chi connectivity index (χ1) is 9.66. The maximum atomic E-state index is 12.0. The summed E-state index contributed by atoms with van der Waals surface area (Å²) in [6.45, 7) is 4.05. The predicted molar refractivity (Wildman–Crippen MR) is 73.8 cm³/mol. The number of amides is 1. The van der Waals surface area contributed by atoms with Gasteiger partial charge in [0.25, 0.3) is 0 Å². The summed E-state index contributed by atoms with van der Waals surface area (Å²) < 4.78 is 5.41. The summed E-state index contributed by atoms with van der Waals surface area (Å²) >= 11 is 0. The van der Waals surface area contributed by atoms with E-state index in [2.05, 4.69) is 12.2 Å². The van der Waals surface area contributed by atoms with Gasteiger partial charge in [-0.25, -0.2) is 0 Å². The molecule has 1 aliphatic rings. The smallest absolute Gasteiger partial charge is 0.223 e. The third-order valence-electron chi connectivity index (χ3n) is 3.81. The average Bonchev–Trinajstić information content (AvgIpc) is 2.46. The first-order valence-electron chi connectivity index (χ1n) is 7.73. The minimum absolute atomic E-state index is 0.146. The number of hydrogen-bond donors (Lipinski definition) is 1. The van der Waals surface area contributed by atoms with E-state index in [1.54, 1.807) is 0 Å². The molecule has 0 heterocycles. The molecule has 0 saturated heterocycles. The number of nitrogens with one attached hydrogen (secondary N) is 1. The Morgan fingerprint density at radius 3 is 2.45 bits per heavy atom. The van der Waals surface area contributed by atoms with Crippen molar-refractivity contribution in [2.45, 2.75) is 51.9 Å². The number of carbonyl (C=O) groups excluding carboxylic acids is 2. The van der Waals surface area contributed by atoms with E-state index in [1.165, 1.54) is 0 Å². The third kappa shape index (κ3) is 5.90. The lowest BCUT2D eigenvalue weighted by atomic mass is 9.79. The second kappa shape index (κ2) is 9.75. The summed E-state index contributed by atoms with van der Waals surface area (Å²) in [5.41, 5.74) is 0. The molecule has 0 aromatic carbocycles. The van der Waals surface area contributed by atoms with Crippen LogP contribution in [0.15, 0.2) is 0 Å². The number of carboxylic acid groups (broad SMARTS) is 1. The van der Waals surface area contributed by atoms with Gasteiger partial charge in [-0.2, -0.15) is 0 Å². The Bertz CT molecular complexity index is 306. The standard InChI is InChI=1S/C15H27NO4/c1-2-3-10-20-11-6-9-16-14(17)12-7-4-5-8-13(12)15(18)19/h12-13H,2-11H2,1H3,(H,16,17)(H,18,19)/p-1/t12-,13-/m0/s1. The van der Waals surface area contributed by atoms with Crippen molar-refractivity contribution in [3.63, 3.8) is 0 Å². The molecule has 1 N–H and O–H groups in total. The van der Waals surface area contributed by atoms with E-state index in [1.807, 2.05) is 0 Å². The van der Waals surface area contributed by atoms with E-state index >= 15 is 0 Å². The zero-order valence-corrected chi connectivity index (χ0v) is 12.4. The molecule has 0 aromatic heterocycles. The summed E-state index contributed by atoms with van der Waals surface area (Å²) in [5, 5.41) is 13.9. The summed E-state index contributed by atoms with van der Waals surface area (Å²) in [6, 6.07) is 0. The number of unbranched alkanes of at least 4 members (excludes halogenated alkanes) is 1. The average molecular weight is 284 g/mol. The summed E-state index contributed by atoms with van der Waals surface area (Å²) in [4.78, 5) is 23.0. The lowest BCUT2D eigenvalue weighted by Gasteiger charge is -2.31. The number of ether oxygens (including phenoxy) is 1.